The van der Waals surface area contributed by atoms with E-state index in [4.69, 9.17) is 0 Å². The maximum Gasteiger partial charge on any atom is 0.0608 e. The summed E-state index contributed by atoms with van der Waals surface area (Å²) in [5.41, 5.74) is 1.26. The number of fused-ring (bicyclic) bond motifs is 1. The molecule has 2 aromatic carbocycles. The van der Waals surface area contributed by atoms with Crippen LogP contribution >= 0.6 is 0 Å². The molecule has 1 aliphatic carbocycles. The highest BCUT2D eigenvalue weighted by Crippen LogP contribution is 2.28. The third-order valence-electron chi connectivity index (χ3n) is 4.45. The second-order valence-corrected chi connectivity index (χ2v) is 5.85. The molecule has 1 saturated carbocycles. The zero-order valence-corrected chi connectivity index (χ0v) is 11.4. The van der Waals surface area contributed by atoms with Crippen molar-refractivity contribution in [3.05, 3.63) is 48.0 Å². The second kappa shape index (κ2) is 5.75. The van der Waals surface area contributed by atoms with Crippen LogP contribution < -0.4 is 0 Å². The van der Waals surface area contributed by atoms with Crippen molar-refractivity contribution < 1.29 is 5.11 Å². The second-order valence-electron chi connectivity index (χ2n) is 5.85. The van der Waals surface area contributed by atoms with Crippen LogP contribution in [-0.4, -0.2) is 11.2 Å². The Morgan fingerprint density at radius 1 is 0.947 bits per heavy atom. The molecule has 1 unspecified atom stereocenters. The van der Waals surface area contributed by atoms with Gasteiger partial charge in [-0.2, -0.15) is 0 Å². The molecule has 2 aromatic rings. The van der Waals surface area contributed by atoms with Crippen LogP contribution in [0.2, 0.25) is 0 Å². The molecular weight excluding hydrogens is 232 g/mol. The van der Waals surface area contributed by atoms with Gasteiger partial charge in [-0.15, -0.1) is 0 Å². The number of rotatable bonds is 3. The van der Waals surface area contributed by atoms with E-state index in [1.165, 1.54) is 48.4 Å². The van der Waals surface area contributed by atoms with Gasteiger partial charge in [-0.1, -0.05) is 61.7 Å². The van der Waals surface area contributed by atoms with Crippen LogP contribution in [0.5, 0.6) is 0 Å². The first-order valence-corrected chi connectivity index (χ1v) is 7.49. The summed E-state index contributed by atoms with van der Waals surface area (Å²) in [7, 11) is 0. The molecule has 0 bridgehead atoms. The van der Waals surface area contributed by atoms with Crippen LogP contribution in [0, 0.1) is 5.92 Å². The van der Waals surface area contributed by atoms with E-state index in [0.717, 1.165) is 6.42 Å². The van der Waals surface area contributed by atoms with Crippen LogP contribution in [0.25, 0.3) is 10.8 Å². The van der Waals surface area contributed by atoms with Crippen LogP contribution in [0.3, 0.4) is 0 Å². The standard InChI is InChI=1S/C18H22O/c19-18(16-7-2-1-3-8-16)13-14-10-11-15-6-4-5-9-17(15)12-14/h4-6,9-12,16,18-19H,1-3,7-8,13H2. The van der Waals surface area contributed by atoms with Gasteiger partial charge in [-0.25, -0.2) is 0 Å². The predicted molar refractivity (Wildman–Crippen MR) is 80.2 cm³/mol. The normalized spacial score (nSPS) is 18.6. The summed E-state index contributed by atoms with van der Waals surface area (Å²) >= 11 is 0. The van der Waals surface area contributed by atoms with E-state index in [2.05, 4.69) is 42.5 Å². The van der Waals surface area contributed by atoms with E-state index in [1.54, 1.807) is 0 Å². The molecule has 1 aliphatic rings. The quantitative estimate of drug-likeness (QED) is 0.864. The fourth-order valence-electron chi connectivity index (χ4n) is 3.29. The first kappa shape index (κ1) is 12.7. The third-order valence-corrected chi connectivity index (χ3v) is 4.45. The summed E-state index contributed by atoms with van der Waals surface area (Å²) in [6.07, 6.45) is 6.97. The van der Waals surface area contributed by atoms with Gasteiger partial charge in [0.25, 0.3) is 0 Å². The Hall–Kier alpha value is -1.34. The predicted octanol–water partition coefficient (Wildman–Crippen LogP) is 4.32. The van der Waals surface area contributed by atoms with Crippen molar-refractivity contribution in [2.45, 2.75) is 44.6 Å². The lowest BCUT2D eigenvalue weighted by molar-refractivity contribution is 0.0851. The fourth-order valence-corrected chi connectivity index (χ4v) is 3.29. The highest BCUT2D eigenvalue weighted by Gasteiger charge is 2.21. The van der Waals surface area contributed by atoms with E-state index >= 15 is 0 Å². The van der Waals surface area contributed by atoms with Crippen molar-refractivity contribution in [2.24, 2.45) is 5.92 Å². The molecule has 0 aromatic heterocycles. The lowest BCUT2D eigenvalue weighted by Crippen LogP contribution is -2.24. The summed E-state index contributed by atoms with van der Waals surface area (Å²) in [6, 6.07) is 15.0. The molecule has 0 aliphatic heterocycles. The van der Waals surface area contributed by atoms with Gasteiger partial charge in [-0.05, 0) is 41.5 Å². The van der Waals surface area contributed by atoms with Crippen molar-refractivity contribution in [1.82, 2.24) is 0 Å². The fraction of sp³-hybridized carbons (Fsp3) is 0.444. The lowest BCUT2D eigenvalue weighted by atomic mass is 9.83. The number of hydrogen-bond donors (Lipinski definition) is 1. The molecular formula is C18H22O. The first-order valence-electron chi connectivity index (χ1n) is 7.49. The molecule has 0 spiro atoms. The SMILES string of the molecule is OC(Cc1ccc2ccccc2c1)C1CCCCC1. The minimum absolute atomic E-state index is 0.165. The molecule has 1 N–H and O–H groups in total. The smallest absolute Gasteiger partial charge is 0.0608 e. The van der Waals surface area contributed by atoms with Gasteiger partial charge in [0.05, 0.1) is 6.10 Å². The molecule has 19 heavy (non-hydrogen) atoms. The van der Waals surface area contributed by atoms with Crippen molar-refractivity contribution in [1.29, 1.82) is 0 Å². The highest BCUT2D eigenvalue weighted by molar-refractivity contribution is 5.82. The van der Waals surface area contributed by atoms with E-state index in [0.29, 0.717) is 5.92 Å². The van der Waals surface area contributed by atoms with Crippen molar-refractivity contribution >= 4 is 10.8 Å². The van der Waals surface area contributed by atoms with Gasteiger partial charge in [-0.3, -0.25) is 0 Å². The van der Waals surface area contributed by atoms with Crippen molar-refractivity contribution in [3.63, 3.8) is 0 Å². The Kier molecular flexibility index (Phi) is 3.84. The zero-order chi connectivity index (χ0) is 13.1. The van der Waals surface area contributed by atoms with E-state index in [1.807, 2.05) is 0 Å². The molecule has 1 nitrogen and oxygen atoms in total. The molecule has 0 heterocycles. The van der Waals surface area contributed by atoms with Gasteiger partial charge >= 0.3 is 0 Å². The van der Waals surface area contributed by atoms with Crippen LogP contribution in [0.4, 0.5) is 0 Å². The van der Waals surface area contributed by atoms with Crippen LogP contribution in [0.15, 0.2) is 42.5 Å². The van der Waals surface area contributed by atoms with Gasteiger partial charge in [0.2, 0.25) is 0 Å². The molecule has 3 rings (SSSR count). The average Bonchev–Trinajstić information content (AvgIpc) is 2.48. The Morgan fingerprint density at radius 3 is 2.47 bits per heavy atom. The molecule has 1 heteroatoms. The highest BCUT2D eigenvalue weighted by atomic mass is 16.3. The lowest BCUT2D eigenvalue weighted by Gasteiger charge is -2.26. The maximum absolute atomic E-state index is 10.4. The van der Waals surface area contributed by atoms with E-state index in [9.17, 15) is 5.11 Å². The van der Waals surface area contributed by atoms with Gasteiger partial charge in [0.1, 0.15) is 0 Å². The number of aliphatic hydroxyl groups is 1. The van der Waals surface area contributed by atoms with Crippen molar-refractivity contribution in [3.8, 4) is 0 Å². The number of hydrogen-bond acceptors (Lipinski definition) is 1. The molecule has 100 valence electrons. The van der Waals surface area contributed by atoms with Crippen molar-refractivity contribution in [2.75, 3.05) is 0 Å². The number of aliphatic hydroxyl groups excluding tert-OH is 1. The minimum atomic E-state index is -0.165. The largest absolute Gasteiger partial charge is 0.392 e. The molecule has 0 radical (unpaired) electrons. The molecule has 0 amide bonds. The van der Waals surface area contributed by atoms with Crippen LogP contribution in [-0.2, 0) is 6.42 Å². The molecule has 1 fully saturated rings. The summed E-state index contributed by atoms with van der Waals surface area (Å²) in [5, 5.41) is 12.9. The van der Waals surface area contributed by atoms with Gasteiger partial charge in [0.15, 0.2) is 0 Å². The van der Waals surface area contributed by atoms with E-state index in [-0.39, 0.29) is 6.10 Å². The Morgan fingerprint density at radius 2 is 1.68 bits per heavy atom. The minimum Gasteiger partial charge on any atom is -0.392 e. The van der Waals surface area contributed by atoms with Gasteiger partial charge < -0.3 is 5.11 Å². The topological polar surface area (TPSA) is 20.2 Å². The first-order chi connectivity index (χ1) is 9.33. The molecule has 1 atom stereocenters. The summed E-state index contributed by atoms with van der Waals surface area (Å²) in [6.45, 7) is 0. The summed E-state index contributed by atoms with van der Waals surface area (Å²) in [5.74, 6) is 0.514. The Labute approximate surface area is 115 Å². The van der Waals surface area contributed by atoms with E-state index < -0.39 is 0 Å². The Bertz CT molecular complexity index is 540. The Balaban J connectivity index is 1.73. The maximum atomic E-state index is 10.4. The summed E-state index contributed by atoms with van der Waals surface area (Å²) < 4.78 is 0. The van der Waals surface area contributed by atoms with Gasteiger partial charge in [0, 0.05) is 0 Å². The molecule has 0 saturated heterocycles. The van der Waals surface area contributed by atoms with Crippen LogP contribution in [0.1, 0.15) is 37.7 Å². The number of benzene rings is 2. The third kappa shape index (κ3) is 2.98. The monoisotopic (exact) mass is 254 g/mol. The summed E-state index contributed by atoms with van der Waals surface area (Å²) in [4.78, 5) is 0. The zero-order valence-electron chi connectivity index (χ0n) is 11.4. The average molecular weight is 254 g/mol.